The molecule has 0 saturated heterocycles. The van der Waals surface area contributed by atoms with Crippen molar-refractivity contribution in [2.45, 2.75) is 6.42 Å². The standard InChI is InChI=1S/C17H17FN2O2/c18-15-8-6-13(7-9-15)10-11-19-16(21)12-20-17(22)14-4-2-1-3-5-14/h1-9H,10-12H2,(H,19,21)(H,20,22). The van der Waals surface area contributed by atoms with Gasteiger partial charge in [0.1, 0.15) is 5.82 Å². The number of halogens is 1. The van der Waals surface area contributed by atoms with E-state index in [1.807, 2.05) is 6.07 Å². The van der Waals surface area contributed by atoms with Gasteiger partial charge >= 0.3 is 0 Å². The van der Waals surface area contributed by atoms with E-state index < -0.39 is 0 Å². The Morgan fingerprint density at radius 1 is 0.909 bits per heavy atom. The molecule has 0 aromatic heterocycles. The molecule has 22 heavy (non-hydrogen) atoms. The molecule has 0 radical (unpaired) electrons. The van der Waals surface area contributed by atoms with E-state index in [1.54, 1.807) is 36.4 Å². The predicted octanol–water partition coefficient (Wildman–Crippen LogP) is 1.91. The van der Waals surface area contributed by atoms with Gasteiger partial charge in [0.25, 0.3) is 5.91 Å². The van der Waals surface area contributed by atoms with Crippen molar-refractivity contribution in [3.05, 3.63) is 71.5 Å². The third kappa shape index (κ3) is 5.01. The second kappa shape index (κ2) is 7.93. The molecule has 114 valence electrons. The van der Waals surface area contributed by atoms with Crippen LogP contribution in [0.4, 0.5) is 4.39 Å². The zero-order valence-corrected chi connectivity index (χ0v) is 12.0. The maximum absolute atomic E-state index is 12.7. The Labute approximate surface area is 128 Å². The molecule has 0 bridgehead atoms. The topological polar surface area (TPSA) is 58.2 Å². The number of rotatable bonds is 6. The first-order valence-corrected chi connectivity index (χ1v) is 6.99. The number of benzene rings is 2. The van der Waals surface area contributed by atoms with Crippen LogP contribution in [0.3, 0.4) is 0 Å². The maximum Gasteiger partial charge on any atom is 0.251 e. The lowest BCUT2D eigenvalue weighted by Gasteiger charge is -2.07. The Kier molecular flexibility index (Phi) is 5.65. The molecule has 0 spiro atoms. The summed E-state index contributed by atoms with van der Waals surface area (Å²) in [6.07, 6.45) is 0.610. The summed E-state index contributed by atoms with van der Waals surface area (Å²) in [5, 5.41) is 5.26. The quantitative estimate of drug-likeness (QED) is 0.856. The van der Waals surface area contributed by atoms with E-state index in [0.717, 1.165) is 5.56 Å². The first-order chi connectivity index (χ1) is 10.6. The third-order valence-electron chi connectivity index (χ3n) is 3.09. The summed E-state index contributed by atoms with van der Waals surface area (Å²) in [6.45, 7) is 0.364. The molecule has 0 unspecified atom stereocenters. The van der Waals surface area contributed by atoms with Crippen molar-refractivity contribution in [1.29, 1.82) is 0 Å². The Balaban J connectivity index is 1.68. The third-order valence-corrected chi connectivity index (χ3v) is 3.09. The van der Waals surface area contributed by atoms with Gasteiger partial charge in [0.05, 0.1) is 6.54 Å². The Morgan fingerprint density at radius 2 is 1.59 bits per heavy atom. The van der Waals surface area contributed by atoms with E-state index in [2.05, 4.69) is 10.6 Å². The number of carbonyl (C=O) groups is 2. The highest BCUT2D eigenvalue weighted by atomic mass is 19.1. The minimum atomic E-state index is -0.283. The van der Waals surface area contributed by atoms with E-state index in [1.165, 1.54) is 12.1 Å². The molecule has 2 aromatic carbocycles. The van der Waals surface area contributed by atoms with E-state index >= 15 is 0 Å². The first-order valence-electron chi connectivity index (χ1n) is 6.99. The van der Waals surface area contributed by atoms with Gasteiger partial charge in [-0.15, -0.1) is 0 Å². The zero-order chi connectivity index (χ0) is 15.8. The van der Waals surface area contributed by atoms with Crippen LogP contribution < -0.4 is 10.6 Å². The molecule has 0 fully saturated rings. The summed E-state index contributed by atoms with van der Waals surface area (Å²) >= 11 is 0. The number of amides is 2. The van der Waals surface area contributed by atoms with Crippen LogP contribution in [0, 0.1) is 5.82 Å². The van der Waals surface area contributed by atoms with Crippen LogP contribution in [0.1, 0.15) is 15.9 Å². The molecule has 5 heteroatoms. The Hall–Kier alpha value is -2.69. The van der Waals surface area contributed by atoms with Crippen molar-refractivity contribution in [1.82, 2.24) is 10.6 Å². The van der Waals surface area contributed by atoms with Crippen LogP contribution in [-0.4, -0.2) is 24.9 Å². The van der Waals surface area contributed by atoms with Gasteiger partial charge in [-0.05, 0) is 36.2 Å². The maximum atomic E-state index is 12.7. The lowest BCUT2D eigenvalue weighted by molar-refractivity contribution is -0.120. The van der Waals surface area contributed by atoms with Crippen molar-refractivity contribution in [2.75, 3.05) is 13.1 Å². The fourth-order valence-electron chi connectivity index (χ4n) is 1.91. The summed E-state index contributed by atoms with van der Waals surface area (Å²) in [6, 6.07) is 14.8. The summed E-state index contributed by atoms with van der Waals surface area (Å²) in [7, 11) is 0. The van der Waals surface area contributed by atoms with E-state index in [4.69, 9.17) is 0 Å². The van der Waals surface area contributed by atoms with Gasteiger partial charge in [-0.25, -0.2) is 4.39 Å². The van der Waals surface area contributed by atoms with Crippen molar-refractivity contribution < 1.29 is 14.0 Å². The van der Waals surface area contributed by atoms with Crippen LogP contribution in [-0.2, 0) is 11.2 Å². The molecular weight excluding hydrogens is 283 g/mol. The minimum Gasteiger partial charge on any atom is -0.354 e. The van der Waals surface area contributed by atoms with Gasteiger partial charge in [0, 0.05) is 12.1 Å². The predicted molar refractivity (Wildman–Crippen MR) is 81.9 cm³/mol. The first kappa shape index (κ1) is 15.7. The van der Waals surface area contributed by atoms with Gasteiger partial charge in [0.2, 0.25) is 5.91 Å². The SMILES string of the molecule is O=C(CNC(=O)c1ccccc1)NCCc1ccc(F)cc1. The van der Waals surface area contributed by atoms with Crippen LogP contribution in [0.2, 0.25) is 0 Å². The second-order valence-corrected chi connectivity index (χ2v) is 4.78. The zero-order valence-electron chi connectivity index (χ0n) is 12.0. The second-order valence-electron chi connectivity index (χ2n) is 4.78. The van der Waals surface area contributed by atoms with Crippen molar-refractivity contribution in [3.8, 4) is 0 Å². The molecule has 0 aliphatic heterocycles. The number of hydrogen-bond donors (Lipinski definition) is 2. The Bertz CT molecular complexity index is 627. The van der Waals surface area contributed by atoms with Gasteiger partial charge in [-0.1, -0.05) is 30.3 Å². The highest BCUT2D eigenvalue weighted by Crippen LogP contribution is 2.02. The smallest absolute Gasteiger partial charge is 0.251 e. The van der Waals surface area contributed by atoms with Crippen molar-refractivity contribution in [3.63, 3.8) is 0 Å². The lowest BCUT2D eigenvalue weighted by atomic mass is 10.1. The highest BCUT2D eigenvalue weighted by Gasteiger charge is 2.06. The summed E-state index contributed by atoms with van der Waals surface area (Å²) < 4.78 is 12.7. The molecule has 2 N–H and O–H groups in total. The highest BCUT2D eigenvalue weighted by molar-refractivity contribution is 5.96. The molecule has 0 heterocycles. The van der Waals surface area contributed by atoms with Gasteiger partial charge < -0.3 is 10.6 Å². The molecule has 4 nitrogen and oxygen atoms in total. The number of nitrogens with one attached hydrogen (secondary N) is 2. The Morgan fingerprint density at radius 3 is 2.27 bits per heavy atom. The fourth-order valence-corrected chi connectivity index (χ4v) is 1.91. The van der Waals surface area contributed by atoms with Crippen molar-refractivity contribution in [2.24, 2.45) is 0 Å². The summed E-state index contributed by atoms with van der Waals surface area (Å²) in [5.41, 5.74) is 1.46. The van der Waals surface area contributed by atoms with Crippen LogP contribution in [0.5, 0.6) is 0 Å². The average molecular weight is 300 g/mol. The summed E-state index contributed by atoms with van der Waals surface area (Å²) in [5.74, 6) is -0.822. The summed E-state index contributed by atoms with van der Waals surface area (Å²) in [4.78, 5) is 23.4. The van der Waals surface area contributed by atoms with Gasteiger partial charge in [-0.3, -0.25) is 9.59 Å². The molecule has 2 rings (SSSR count). The van der Waals surface area contributed by atoms with Crippen LogP contribution in [0.15, 0.2) is 54.6 Å². The monoisotopic (exact) mass is 300 g/mol. The lowest BCUT2D eigenvalue weighted by Crippen LogP contribution is -2.37. The molecule has 2 amide bonds. The van der Waals surface area contributed by atoms with E-state index in [9.17, 15) is 14.0 Å². The molecule has 0 aliphatic rings. The largest absolute Gasteiger partial charge is 0.354 e. The molecule has 0 saturated carbocycles. The molecule has 0 atom stereocenters. The average Bonchev–Trinajstić information content (AvgIpc) is 2.55. The normalized spacial score (nSPS) is 10.0. The fraction of sp³-hybridized carbons (Fsp3) is 0.176. The van der Waals surface area contributed by atoms with Gasteiger partial charge in [-0.2, -0.15) is 0 Å². The van der Waals surface area contributed by atoms with Crippen LogP contribution in [0.25, 0.3) is 0 Å². The van der Waals surface area contributed by atoms with Gasteiger partial charge in [0.15, 0.2) is 0 Å². The molecular formula is C17H17FN2O2. The van der Waals surface area contributed by atoms with Crippen LogP contribution >= 0.6 is 0 Å². The van der Waals surface area contributed by atoms with E-state index in [0.29, 0.717) is 18.5 Å². The molecule has 0 aliphatic carbocycles. The van der Waals surface area contributed by atoms with Crippen molar-refractivity contribution >= 4 is 11.8 Å². The number of carbonyl (C=O) groups excluding carboxylic acids is 2. The number of hydrogen-bond acceptors (Lipinski definition) is 2. The van der Waals surface area contributed by atoms with E-state index in [-0.39, 0.29) is 24.2 Å². The molecule has 2 aromatic rings. The minimum absolute atomic E-state index is 0.0723.